The van der Waals surface area contributed by atoms with Crippen LogP contribution in [0.25, 0.3) is 11.0 Å². The third-order valence-electron chi connectivity index (χ3n) is 6.48. The Balaban J connectivity index is 1.58. The van der Waals surface area contributed by atoms with E-state index in [2.05, 4.69) is 18.4 Å². The summed E-state index contributed by atoms with van der Waals surface area (Å²) in [5.41, 5.74) is 1.89. The number of carbonyl (C=O) groups excluding carboxylic acids is 2. The number of para-hydroxylation sites is 2. The molecule has 2 amide bonds. The lowest BCUT2D eigenvalue weighted by atomic mass is 9.99. The van der Waals surface area contributed by atoms with E-state index >= 15 is 0 Å². The lowest BCUT2D eigenvalue weighted by Crippen LogP contribution is -2.40. The first-order valence-corrected chi connectivity index (χ1v) is 11.1. The molecule has 6 nitrogen and oxygen atoms in total. The maximum Gasteiger partial charge on any atom is 0.242 e. The Morgan fingerprint density at radius 2 is 1.97 bits per heavy atom. The van der Waals surface area contributed by atoms with Gasteiger partial charge in [0.25, 0.3) is 0 Å². The van der Waals surface area contributed by atoms with Gasteiger partial charge in [0.1, 0.15) is 12.4 Å². The van der Waals surface area contributed by atoms with E-state index in [0.29, 0.717) is 25.4 Å². The molecule has 156 valence electrons. The quantitative estimate of drug-likeness (QED) is 0.752. The predicted octanol–water partition coefficient (Wildman–Crippen LogP) is 3.41. The van der Waals surface area contributed by atoms with Crippen molar-refractivity contribution in [1.29, 1.82) is 0 Å². The summed E-state index contributed by atoms with van der Waals surface area (Å²) in [5.74, 6) is 2.01. The molecule has 1 aromatic heterocycles. The van der Waals surface area contributed by atoms with Crippen LogP contribution in [0.3, 0.4) is 0 Å². The fraction of sp³-hybridized carbons (Fsp3) is 0.609. The highest BCUT2D eigenvalue weighted by Crippen LogP contribution is 2.31. The monoisotopic (exact) mass is 396 g/mol. The van der Waals surface area contributed by atoms with Gasteiger partial charge >= 0.3 is 0 Å². The van der Waals surface area contributed by atoms with E-state index in [4.69, 9.17) is 4.98 Å². The predicted molar refractivity (Wildman–Crippen MR) is 114 cm³/mol. The molecule has 2 aromatic rings. The van der Waals surface area contributed by atoms with Crippen LogP contribution in [0.4, 0.5) is 0 Å². The number of hydrogen-bond acceptors (Lipinski definition) is 3. The summed E-state index contributed by atoms with van der Waals surface area (Å²) in [5, 5.41) is 0. The number of aromatic nitrogens is 2. The fourth-order valence-corrected chi connectivity index (χ4v) is 4.58. The van der Waals surface area contributed by atoms with E-state index in [0.717, 1.165) is 62.2 Å². The minimum Gasteiger partial charge on any atom is -0.342 e. The van der Waals surface area contributed by atoms with Gasteiger partial charge in [-0.15, -0.1) is 0 Å². The molecule has 0 bridgehead atoms. The highest BCUT2D eigenvalue weighted by molar-refractivity contribution is 5.83. The number of benzene rings is 1. The molecule has 0 saturated carbocycles. The van der Waals surface area contributed by atoms with Crippen LogP contribution in [-0.2, 0) is 16.1 Å². The van der Waals surface area contributed by atoms with Gasteiger partial charge in [0.2, 0.25) is 11.8 Å². The molecular formula is C23H32N4O2. The van der Waals surface area contributed by atoms with E-state index in [1.807, 2.05) is 34.1 Å². The largest absolute Gasteiger partial charge is 0.342 e. The SMILES string of the molecule is CCCCN1C[C@@H](c2nc3ccccc3n2CC(=O)N2CCC(C)CC2)CC1=O. The Bertz CT molecular complexity index is 882. The normalized spacial score (nSPS) is 20.8. The third kappa shape index (κ3) is 4.16. The second-order valence-electron chi connectivity index (χ2n) is 8.70. The van der Waals surface area contributed by atoms with Crippen molar-refractivity contribution in [2.45, 2.75) is 58.4 Å². The zero-order valence-corrected chi connectivity index (χ0v) is 17.6. The molecule has 0 unspecified atom stereocenters. The number of amides is 2. The first-order chi connectivity index (χ1) is 14.1. The van der Waals surface area contributed by atoms with Crippen molar-refractivity contribution >= 4 is 22.8 Å². The second-order valence-corrected chi connectivity index (χ2v) is 8.70. The molecule has 0 N–H and O–H groups in total. The maximum absolute atomic E-state index is 13.1. The van der Waals surface area contributed by atoms with Gasteiger partial charge in [0, 0.05) is 38.5 Å². The Morgan fingerprint density at radius 3 is 2.72 bits per heavy atom. The molecule has 2 aliphatic rings. The Morgan fingerprint density at radius 1 is 1.21 bits per heavy atom. The van der Waals surface area contributed by atoms with Crippen LogP contribution in [0, 0.1) is 5.92 Å². The van der Waals surface area contributed by atoms with Crippen molar-refractivity contribution in [3.63, 3.8) is 0 Å². The van der Waals surface area contributed by atoms with Gasteiger partial charge in [-0.2, -0.15) is 0 Å². The number of rotatable bonds is 6. The molecule has 1 aromatic carbocycles. The smallest absolute Gasteiger partial charge is 0.242 e. The highest BCUT2D eigenvalue weighted by Gasteiger charge is 2.34. The van der Waals surface area contributed by atoms with Gasteiger partial charge in [0.15, 0.2) is 0 Å². The van der Waals surface area contributed by atoms with Gasteiger partial charge < -0.3 is 14.4 Å². The van der Waals surface area contributed by atoms with Gasteiger partial charge in [-0.1, -0.05) is 32.4 Å². The van der Waals surface area contributed by atoms with Crippen molar-refractivity contribution in [3.05, 3.63) is 30.1 Å². The van der Waals surface area contributed by atoms with Crippen LogP contribution < -0.4 is 0 Å². The first kappa shape index (κ1) is 19.9. The van der Waals surface area contributed by atoms with Crippen molar-refractivity contribution in [2.75, 3.05) is 26.2 Å². The van der Waals surface area contributed by atoms with Gasteiger partial charge in [-0.25, -0.2) is 4.98 Å². The first-order valence-electron chi connectivity index (χ1n) is 11.1. The van der Waals surface area contributed by atoms with Crippen molar-refractivity contribution in [1.82, 2.24) is 19.4 Å². The third-order valence-corrected chi connectivity index (χ3v) is 6.48. The number of piperidine rings is 1. The van der Waals surface area contributed by atoms with Crippen molar-refractivity contribution in [3.8, 4) is 0 Å². The lowest BCUT2D eigenvalue weighted by Gasteiger charge is -2.30. The summed E-state index contributed by atoms with van der Waals surface area (Å²) in [7, 11) is 0. The average molecular weight is 397 g/mol. The van der Waals surface area contributed by atoms with E-state index in [-0.39, 0.29) is 17.7 Å². The Hall–Kier alpha value is -2.37. The molecule has 2 aliphatic heterocycles. The highest BCUT2D eigenvalue weighted by atomic mass is 16.2. The second kappa shape index (κ2) is 8.56. The number of likely N-dealkylation sites (tertiary alicyclic amines) is 2. The number of carbonyl (C=O) groups is 2. The zero-order valence-electron chi connectivity index (χ0n) is 17.6. The number of hydrogen-bond donors (Lipinski definition) is 0. The number of fused-ring (bicyclic) bond motifs is 1. The topological polar surface area (TPSA) is 58.4 Å². The summed E-state index contributed by atoms with van der Waals surface area (Å²) in [6, 6.07) is 7.99. The molecule has 2 saturated heterocycles. The standard InChI is InChI=1S/C23H32N4O2/c1-3-4-11-26-15-18(14-21(26)28)23-24-19-7-5-6-8-20(19)27(23)16-22(29)25-12-9-17(2)10-13-25/h5-8,17-18H,3-4,9-16H2,1-2H3/t18-/m0/s1. The van der Waals surface area contributed by atoms with Crippen molar-refractivity contribution < 1.29 is 9.59 Å². The molecule has 1 atom stereocenters. The van der Waals surface area contributed by atoms with Crippen LogP contribution in [0.2, 0.25) is 0 Å². The number of nitrogens with zero attached hydrogens (tertiary/aromatic N) is 4. The van der Waals surface area contributed by atoms with Gasteiger partial charge in [0.05, 0.1) is 11.0 Å². The van der Waals surface area contributed by atoms with E-state index in [1.165, 1.54) is 0 Å². The lowest BCUT2D eigenvalue weighted by molar-refractivity contribution is -0.133. The molecule has 2 fully saturated rings. The summed E-state index contributed by atoms with van der Waals surface area (Å²) in [4.78, 5) is 34.4. The van der Waals surface area contributed by atoms with Gasteiger partial charge in [-0.3, -0.25) is 9.59 Å². The Kier molecular flexibility index (Phi) is 5.88. The van der Waals surface area contributed by atoms with E-state index < -0.39 is 0 Å². The number of imidazole rings is 1. The van der Waals surface area contributed by atoms with Crippen LogP contribution in [-0.4, -0.2) is 57.3 Å². The fourth-order valence-electron chi connectivity index (χ4n) is 4.58. The average Bonchev–Trinajstić information content (AvgIpc) is 3.27. The molecule has 0 radical (unpaired) electrons. The molecule has 0 aliphatic carbocycles. The summed E-state index contributed by atoms with van der Waals surface area (Å²) in [6.45, 7) is 7.91. The summed E-state index contributed by atoms with van der Waals surface area (Å²) < 4.78 is 2.07. The van der Waals surface area contributed by atoms with Crippen LogP contribution in [0.1, 0.15) is 57.7 Å². The van der Waals surface area contributed by atoms with Crippen molar-refractivity contribution in [2.24, 2.45) is 5.92 Å². The minimum atomic E-state index is 0.0564. The van der Waals surface area contributed by atoms with Crippen LogP contribution in [0.15, 0.2) is 24.3 Å². The molecule has 29 heavy (non-hydrogen) atoms. The summed E-state index contributed by atoms with van der Waals surface area (Å²) >= 11 is 0. The van der Waals surface area contributed by atoms with Gasteiger partial charge in [-0.05, 0) is 37.3 Å². The van der Waals surface area contributed by atoms with Crippen LogP contribution in [0.5, 0.6) is 0 Å². The van der Waals surface area contributed by atoms with E-state index in [1.54, 1.807) is 0 Å². The maximum atomic E-state index is 13.1. The molecule has 0 spiro atoms. The summed E-state index contributed by atoms with van der Waals surface area (Å²) in [6.07, 6.45) is 4.75. The molecule has 4 rings (SSSR count). The molecular weight excluding hydrogens is 364 g/mol. The zero-order chi connectivity index (χ0) is 20.4. The molecule has 3 heterocycles. The number of unbranched alkanes of at least 4 members (excludes halogenated alkanes) is 1. The van der Waals surface area contributed by atoms with E-state index in [9.17, 15) is 9.59 Å². The molecule has 6 heteroatoms. The Labute approximate surface area is 172 Å². The van der Waals surface area contributed by atoms with Crippen LogP contribution >= 0.6 is 0 Å². The minimum absolute atomic E-state index is 0.0564.